The normalized spacial score (nSPS) is 11.9. The minimum absolute atomic E-state index is 0.235. The number of rotatable bonds is 6. The fraction of sp³-hybridized carbons (Fsp3) is 0.0909. The van der Waals surface area contributed by atoms with E-state index >= 15 is 0 Å². The molecule has 1 N–H and O–H groups in total. The van der Waals surface area contributed by atoms with Crippen molar-refractivity contribution in [2.45, 2.75) is 13.0 Å². The van der Waals surface area contributed by atoms with Crippen molar-refractivity contribution in [2.24, 2.45) is 0 Å². The van der Waals surface area contributed by atoms with Crippen molar-refractivity contribution in [1.82, 2.24) is 4.98 Å². The van der Waals surface area contributed by atoms with Crippen LogP contribution in [0.1, 0.15) is 18.2 Å². The van der Waals surface area contributed by atoms with Crippen LogP contribution in [0.2, 0.25) is 5.02 Å². The number of aromatic nitrogens is 1. The summed E-state index contributed by atoms with van der Waals surface area (Å²) in [6.45, 7) is 1.70. The highest BCUT2D eigenvalue weighted by Crippen LogP contribution is 2.19. The summed E-state index contributed by atoms with van der Waals surface area (Å²) in [6.07, 6.45) is 4.96. The number of carbonyl (C=O) groups is 1. The van der Waals surface area contributed by atoms with Gasteiger partial charge in [-0.3, -0.25) is 9.78 Å². The number of ether oxygens (including phenoxy) is 1. The van der Waals surface area contributed by atoms with Gasteiger partial charge in [0.1, 0.15) is 5.75 Å². The maximum atomic E-state index is 12.4. The van der Waals surface area contributed by atoms with Crippen LogP contribution in [-0.4, -0.2) is 17.0 Å². The summed E-state index contributed by atoms with van der Waals surface area (Å²) in [4.78, 5) is 16.6. The Morgan fingerprint density at radius 3 is 2.70 bits per heavy atom. The fourth-order valence-electron chi connectivity index (χ4n) is 2.42. The Bertz CT molecular complexity index is 942. The minimum atomic E-state index is -0.656. The largest absolute Gasteiger partial charge is 0.481 e. The number of nitrogens with zero attached hydrogens (tertiary/aromatic N) is 1. The highest BCUT2D eigenvalue weighted by molar-refractivity contribution is 6.30. The molecule has 0 saturated carbocycles. The number of amides is 1. The number of pyridine rings is 1. The van der Waals surface area contributed by atoms with Gasteiger partial charge in [0.05, 0.1) is 5.69 Å². The summed E-state index contributed by atoms with van der Waals surface area (Å²) in [5, 5.41) is 3.43. The van der Waals surface area contributed by atoms with E-state index in [2.05, 4.69) is 10.3 Å². The number of anilines is 1. The first-order chi connectivity index (χ1) is 13.1. The van der Waals surface area contributed by atoms with E-state index in [0.717, 1.165) is 11.3 Å². The van der Waals surface area contributed by atoms with Crippen LogP contribution in [0, 0.1) is 0 Å². The van der Waals surface area contributed by atoms with Crippen LogP contribution in [0.25, 0.3) is 12.2 Å². The van der Waals surface area contributed by atoms with Crippen molar-refractivity contribution in [1.29, 1.82) is 0 Å². The highest BCUT2D eigenvalue weighted by atomic mass is 35.5. The number of hydrogen-bond donors (Lipinski definition) is 1. The SMILES string of the molecule is CC(Oc1cccc(Cl)c1)C(=O)Nc1cccc(C=Cc2ccccn2)c1. The molecular formula is C22H19ClN2O2. The lowest BCUT2D eigenvalue weighted by atomic mass is 10.1. The molecular weight excluding hydrogens is 360 g/mol. The molecule has 1 aromatic heterocycles. The summed E-state index contributed by atoms with van der Waals surface area (Å²) in [7, 11) is 0. The second-order valence-electron chi connectivity index (χ2n) is 5.92. The third-order valence-corrected chi connectivity index (χ3v) is 4.00. The molecule has 0 bridgehead atoms. The van der Waals surface area contributed by atoms with Gasteiger partial charge in [-0.2, -0.15) is 0 Å². The van der Waals surface area contributed by atoms with E-state index in [9.17, 15) is 4.79 Å². The third-order valence-electron chi connectivity index (χ3n) is 3.77. The quantitative estimate of drug-likeness (QED) is 0.632. The molecule has 1 unspecified atom stereocenters. The smallest absolute Gasteiger partial charge is 0.265 e. The maximum absolute atomic E-state index is 12.4. The molecule has 1 atom stereocenters. The van der Waals surface area contributed by atoms with Gasteiger partial charge in [-0.05, 0) is 61.0 Å². The van der Waals surface area contributed by atoms with Crippen LogP contribution in [0.4, 0.5) is 5.69 Å². The Kier molecular flexibility index (Phi) is 6.23. The van der Waals surface area contributed by atoms with Crippen molar-refractivity contribution in [3.8, 4) is 5.75 Å². The molecule has 0 aliphatic rings. The van der Waals surface area contributed by atoms with Crippen LogP contribution in [-0.2, 0) is 4.79 Å². The molecule has 136 valence electrons. The predicted molar refractivity (Wildman–Crippen MR) is 110 cm³/mol. The van der Waals surface area contributed by atoms with Crippen LogP contribution in [0.5, 0.6) is 5.75 Å². The van der Waals surface area contributed by atoms with Gasteiger partial charge in [-0.25, -0.2) is 0 Å². The van der Waals surface area contributed by atoms with E-state index in [0.29, 0.717) is 16.5 Å². The lowest BCUT2D eigenvalue weighted by Gasteiger charge is -2.15. The molecule has 4 nitrogen and oxygen atoms in total. The van der Waals surface area contributed by atoms with Gasteiger partial charge in [0.2, 0.25) is 0 Å². The molecule has 0 aliphatic carbocycles. The fourth-order valence-corrected chi connectivity index (χ4v) is 2.60. The number of hydrogen-bond acceptors (Lipinski definition) is 3. The first kappa shape index (κ1) is 18.7. The van der Waals surface area contributed by atoms with Crippen molar-refractivity contribution in [3.63, 3.8) is 0 Å². The molecule has 0 saturated heterocycles. The van der Waals surface area contributed by atoms with Gasteiger partial charge in [0, 0.05) is 16.9 Å². The molecule has 0 aliphatic heterocycles. The van der Waals surface area contributed by atoms with Gasteiger partial charge >= 0.3 is 0 Å². The maximum Gasteiger partial charge on any atom is 0.265 e. The zero-order valence-corrected chi connectivity index (χ0v) is 15.6. The second kappa shape index (κ2) is 9.01. The summed E-state index contributed by atoms with van der Waals surface area (Å²) in [5.41, 5.74) is 2.53. The van der Waals surface area contributed by atoms with Crippen molar-refractivity contribution < 1.29 is 9.53 Å². The van der Waals surface area contributed by atoms with E-state index in [4.69, 9.17) is 16.3 Å². The van der Waals surface area contributed by atoms with Gasteiger partial charge in [-0.15, -0.1) is 0 Å². The summed E-state index contributed by atoms with van der Waals surface area (Å²) >= 11 is 5.94. The van der Waals surface area contributed by atoms with Gasteiger partial charge < -0.3 is 10.1 Å². The lowest BCUT2D eigenvalue weighted by molar-refractivity contribution is -0.122. The Balaban J connectivity index is 1.63. The first-order valence-electron chi connectivity index (χ1n) is 8.52. The van der Waals surface area contributed by atoms with Crippen LogP contribution < -0.4 is 10.1 Å². The molecule has 1 heterocycles. The van der Waals surface area contributed by atoms with Crippen LogP contribution >= 0.6 is 11.6 Å². The Morgan fingerprint density at radius 1 is 1.07 bits per heavy atom. The highest BCUT2D eigenvalue weighted by Gasteiger charge is 2.15. The van der Waals surface area contributed by atoms with Gasteiger partial charge in [-0.1, -0.05) is 41.9 Å². The molecule has 0 spiro atoms. The number of benzene rings is 2. The first-order valence-corrected chi connectivity index (χ1v) is 8.90. The number of carbonyl (C=O) groups excluding carboxylic acids is 1. The standard InChI is InChI=1S/C22H19ClN2O2/c1-16(27-21-10-5-7-18(23)15-21)22(26)25-20-9-4-6-17(14-20)11-12-19-8-2-3-13-24-19/h2-16H,1H3,(H,25,26). The predicted octanol–water partition coefficient (Wildman–Crippen LogP) is 5.31. The number of nitrogens with one attached hydrogen (secondary N) is 1. The molecule has 3 rings (SSSR count). The summed E-state index contributed by atoms with van der Waals surface area (Å²) in [5.74, 6) is 0.318. The van der Waals surface area contributed by atoms with E-state index in [-0.39, 0.29) is 5.91 Å². The van der Waals surface area contributed by atoms with Gasteiger partial charge in [0.15, 0.2) is 6.10 Å². The molecule has 5 heteroatoms. The Labute approximate surface area is 163 Å². The Morgan fingerprint density at radius 2 is 1.93 bits per heavy atom. The summed E-state index contributed by atoms with van der Waals surface area (Å²) in [6, 6.07) is 20.3. The molecule has 0 fully saturated rings. The molecule has 0 radical (unpaired) electrons. The second-order valence-corrected chi connectivity index (χ2v) is 6.36. The molecule has 27 heavy (non-hydrogen) atoms. The molecule has 2 aromatic carbocycles. The van der Waals surface area contributed by atoms with E-state index in [1.54, 1.807) is 37.4 Å². The number of halogens is 1. The van der Waals surface area contributed by atoms with Gasteiger partial charge in [0.25, 0.3) is 5.91 Å². The average molecular weight is 379 g/mol. The van der Waals surface area contributed by atoms with E-state index < -0.39 is 6.10 Å². The minimum Gasteiger partial charge on any atom is -0.481 e. The van der Waals surface area contributed by atoms with Crippen LogP contribution in [0.3, 0.4) is 0 Å². The monoisotopic (exact) mass is 378 g/mol. The topological polar surface area (TPSA) is 51.2 Å². The average Bonchev–Trinajstić information content (AvgIpc) is 2.67. The molecule has 1 amide bonds. The van der Waals surface area contributed by atoms with Crippen molar-refractivity contribution in [2.75, 3.05) is 5.32 Å². The van der Waals surface area contributed by atoms with E-state index in [1.165, 1.54) is 0 Å². The van der Waals surface area contributed by atoms with E-state index in [1.807, 2.05) is 54.6 Å². The van der Waals surface area contributed by atoms with Crippen molar-refractivity contribution >= 4 is 35.3 Å². The third kappa shape index (κ3) is 5.69. The lowest BCUT2D eigenvalue weighted by Crippen LogP contribution is -2.30. The summed E-state index contributed by atoms with van der Waals surface area (Å²) < 4.78 is 5.65. The zero-order valence-electron chi connectivity index (χ0n) is 14.8. The van der Waals surface area contributed by atoms with Crippen LogP contribution in [0.15, 0.2) is 72.9 Å². The zero-order chi connectivity index (χ0) is 19.1. The Hall–Kier alpha value is -3.11. The van der Waals surface area contributed by atoms with Crippen molar-refractivity contribution in [3.05, 3.63) is 89.2 Å². The molecule has 3 aromatic rings.